The van der Waals surface area contributed by atoms with Gasteiger partial charge in [0.25, 0.3) is 0 Å². The van der Waals surface area contributed by atoms with E-state index in [1.807, 2.05) is 0 Å². The van der Waals surface area contributed by atoms with Gasteiger partial charge >= 0.3 is 16.1 Å². The van der Waals surface area contributed by atoms with E-state index in [-0.39, 0.29) is 11.8 Å². The summed E-state index contributed by atoms with van der Waals surface area (Å²) in [5.74, 6) is -0.0939. The van der Waals surface area contributed by atoms with Gasteiger partial charge in [-0.2, -0.15) is 18.4 Å². The van der Waals surface area contributed by atoms with Gasteiger partial charge in [-0.05, 0) is 26.8 Å². The second-order valence-corrected chi connectivity index (χ2v) is 4.72. The molecule has 0 aliphatic carbocycles. The van der Waals surface area contributed by atoms with Crippen LogP contribution in [0.1, 0.15) is 18.3 Å². The summed E-state index contributed by atoms with van der Waals surface area (Å²) in [5, 5.41) is 0. The molecule has 1 aromatic heterocycles. The molecule has 6 heteroatoms. The first-order valence-electron chi connectivity index (χ1n) is 4.17. The molecule has 1 aromatic rings. The highest BCUT2D eigenvalue weighted by Gasteiger charge is 2.11. The van der Waals surface area contributed by atoms with E-state index in [2.05, 4.69) is 14.2 Å². The number of rotatable bonds is 3. The number of aryl methyl sites for hydroxylation is 2. The van der Waals surface area contributed by atoms with E-state index in [4.69, 9.17) is 0 Å². The van der Waals surface area contributed by atoms with Gasteiger partial charge in [-0.15, -0.1) is 0 Å². The van der Waals surface area contributed by atoms with Crippen molar-refractivity contribution in [2.45, 2.75) is 20.8 Å². The number of aromatic nitrogens is 2. The van der Waals surface area contributed by atoms with E-state index >= 15 is 0 Å². The van der Waals surface area contributed by atoms with Crippen LogP contribution in [-0.2, 0) is 10.1 Å². The maximum atomic E-state index is 11.1. The van der Waals surface area contributed by atoms with Gasteiger partial charge in [-0.3, -0.25) is 0 Å². The first-order chi connectivity index (χ1) is 6.43. The molecule has 0 amide bonds. The molecular formula is C8H12N2O3S. The fraction of sp³-hybridized carbons (Fsp3) is 0.500. The zero-order valence-electron chi connectivity index (χ0n) is 8.31. The van der Waals surface area contributed by atoms with Gasteiger partial charge in [0, 0.05) is 11.4 Å². The van der Waals surface area contributed by atoms with Crippen LogP contribution >= 0.6 is 0 Å². The summed E-state index contributed by atoms with van der Waals surface area (Å²) in [6, 6.07) is 1.63. The van der Waals surface area contributed by atoms with E-state index < -0.39 is 10.1 Å². The lowest BCUT2D eigenvalue weighted by molar-refractivity contribution is 0.463. The minimum atomic E-state index is -3.53. The molecule has 0 saturated heterocycles. The normalized spacial score (nSPS) is 11.4. The van der Waals surface area contributed by atoms with Gasteiger partial charge < -0.3 is 4.18 Å². The maximum Gasteiger partial charge on any atom is 0.333 e. The molecule has 1 heterocycles. The highest BCUT2D eigenvalue weighted by molar-refractivity contribution is 7.87. The van der Waals surface area contributed by atoms with E-state index in [9.17, 15) is 8.42 Å². The molecule has 0 radical (unpaired) electrons. The summed E-state index contributed by atoms with van der Waals surface area (Å²) < 4.78 is 26.8. The molecule has 14 heavy (non-hydrogen) atoms. The molecule has 78 valence electrons. The SMILES string of the molecule is CCS(=O)(=O)Oc1nc(C)cc(C)n1. The van der Waals surface area contributed by atoms with E-state index in [0.717, 1.165) is 0 Å². The summed E-state index contributed by atoms with van der Waals surface area (Å²) in [7, 11) is -3.53. The van der Waals surface area contributed by atoms with Gasteiger partial charge in [0.05, 0.1) is 5.75 Å². The lowest BCUT2D eigenvalue weighted by Gasteiger charge is -2.03. The summed E-state index contributed by atoms with van der Waals surface area (Å²) in [6.07, 6.45) is 0. The zero-order chi connectivity index (χ0) is 10.8. The smallest absolute Gasteiger partial charge is 0.333 e. The summed E-state index contributed by atoms with van der Waals surface area (Å²) in [4.78, 5) is 7.71. The van der Waals surface area contributed by atoms with Crippen LogP contribution in [0.15, 0.2) is 6.07 Å². The van der Waals surface area contributed by atoms with Gasteiger partial charge in [0.15, 0.2) is 0 Å². The van der Waals surface area contributed by atoms with Crippen LogP contribution in [0.4, 0.5) is 0 Å². The summed E-state index contributed by atoms with van der Waals surface area (Å²) >= 11 is 0. The Kier molecular flexibility index (Phi) is 3.05. The highest BCUT2D eigenvalue weighted by atomic mass is 32.2. The number of nitrogens with zero attached hydrogens (tertiary/aromatic N) is 2. The van der Waals surface area contributed by atoms with Gasteiger partial charge in [0.2, 0.25) is 0 Å². The third-order valence-electron chi connectivity index (χ3n) is 1.52. The molecule has 5 nitrogen and oxygen atoms in total. The molecule has 1 rings (SSSR count). The molecule has 0 N–H and O–H groups in total. The standard InChI is InChI=1S/C8H12N2O3S/c1-4-14(11,12)13-8-9-6(2)5-7(3)10-8/h5H,4H2,1-3H3. The van der Waals surface area contributed by atoms with Gasteiger partial charge in [-0.25, -0.2) is 0 Å². The fourth-order valence-electron chi connectivity index (χ4n) is 0.903. The number of hydrogen-bond donors (Lipinski definition) is 0. The van der Waals surface area contributed by atoms with E-state index in [1.54, 1.807) is 19.9 Å². The van der Waals surface area contributed by atoms with Crippen molar-refractivity contribution in [3.05, 3.63) is 17.5 Å². The van der Waals surface area contributed by atoms with Crippen LogP contribution < -0.4 is 4.18 Å². The Bertz CT molecular complexity index is 408. The van der Waals surface area contributed by atoms with Crippen molar-refractivity contribution in [2.75, 3.05) is 5.75 Å². The molecule has 0 aliphatic heterocycles. The topological polar surface area (TPSA) is 69.2 Å². The van der Waals surface area contributed by atoms with Crippen molar-refractivity contribution >= 4 is 10.1 Å². The summed E-state index contributed by atoms with van der Waals surface area (Å²) in [5.41, 5.74) is 1.36. The average molecular weight is 216 g/mol. The first kappa shape index (κ1) is 10.9. The van der Waals surface area contributed by atoms with Crippen LogP contribution in [0.2, 0.25) is 0 Å². The molecule has 0 aliphatic rings. The number of hydrogen-bond acceptors (Lipinski definition) is 5. The van der Waals surface area contributed by atoms with E-state index in [1.165, 1.54) is 6.92 Å². The molecule has 0 spiro atoms. The third kappa shape index (κ3) is 2.95. The Hall–Kier alpha value is -1.17. The molecule has 0 saturated carbocycles. The second kappa shape index (κ2) is 3.91. The minimum absolute atomic E-state index is 0.0939. The Morgan fingerprint density at radius 3 is 2.21 bits per heavy atom. The van der Waals surface area contributed by atoms with Crippen LogP contribution in [0.25, 0.3) is 0 Å². The largest absolute Gasteiger partial charge is 0.343 e. The predicted octanol–water partition coefficient (Wildman–Crippen LogP) is 0.822. The van der Waals surface area contributed by atoms with Crippen LogP contribution in [0.3, 0.4) is 0 Å². The maximum absolute atomic E-state index is 11.1. The van der Waals surface area contributed by atoms with Crippen molar-refractivity contribution in [3.8, 4) is 6.01 Å². The van der Waals surface area contributed by atoms with Crippen molar-refractivity contribution in [2.24, 2.45) is 0 Å². The monoisotopic (exact) mass is 216 g/mol. The van der Waals surface area contributed by atoms with Gasteiger partial charge in [0.1, 0.15) is 0 Å². The van der Waals surface area contributed by atoms with Crippen LogP contribution in [0, 0.1) is 13.8 Å². The zero-order valence-corrected chi connectivity index (χ0v) is 9.13. The second-order valence-electron chi connectivity index (χ2n) is 2.86. The molecule has 0 bridgehead atoms. The molecular weight excluding hydrogens is 204 g/mol. The van der Waals surface area contributed by atoms with Crippen LogP contribution in [-0.4, -0.2) is 24.1 Å². The van der Waals surface area contributed by atoms with Crippen LogP contribution in [0.5, 0.6) is 6.01 Å². The average Bonchev–Trinajstić information content (AvgIpc) is 2.01. The Morgan fingerprint density at radius 2 is 1.79 bits per heavy atom. The van der Waals surface area contributed by atoms with Gasteiger partial charge in [-0.1, -0.05) is 0 Å². The molecule has 0 fully saturated rings. The molecule has 0 unspecified atom stereocenters. The Labute approximate surface area is 83.3 Å². The third-order valence-corrected chi connectivity index (χ3v) is 2.63. The fourth-order valence-corrected chi connectivity index (χ4v) is 1.32. The lowest BCUT2D eigenvalue weighted by atomic mass is 10.4. The van der Waals surface area contributed by atoms with Crippen molar-refractivity contribution in [1.82, 2.24) is 9.97 Å². The first-order valence-corrected chi connectivity index (χ1v) is 5.75. The van der Waals surface area contributed by atoms with Crippen molar-refractivity contribution in [1.29, 1.82) is 0 Å². The lowest BCUT2D eigenvalue weighted by Crippen LogP contribution is -2.13. The highest BCUT2D eigenvalue weighted by Crippen LogP contribution is 2.08. The van der Waals surface area contributed by atoms with Crippen molar-refractivity contribution < 1.29 is 12.6 Å². The Balaban J connectivity index is 2.98. The quantitative estimate of drug-likeness (QED) is 0.700. The molecule has 0 atom stereocenters. The predicted molar refractivity (Wildman–Crippen MR) is 51.6 cm³/mol. The summed E-state index contributed by atoms with van der Waals surface area (Å²) in [6.45, 7) is 5.00. The molecule has 0 aromatic carbocycles. The van der Waals surface area contributed by atoms with E-state index in [0.29, 0.717) is 11.4 Å². The van der Waals surface area contributed by atoms with Crippen molar-refractivity contribution in [3.63, 3.8) is 0 Å². The minimum Gasteiger partial charge on any atom is -0.343 e. The Morgan fingerprint density at radius 1 is 1.29 bits per heavy atom.